The van der Waals surface area contributed by atoms with Crippen LogP contribution in [0.1, 0.15) is 19.3 Å². The fraction of sp³-hybridized carbons (Fsp3) is 0.292. The number of para-hydroxylation sites is 1. The van der Waals surface area contributed by atoms with Gasteiger partial charge in [-0.05, 0) is 56.3 Å². The van der Waals surface area contributed by atoms with Crippen molar-refractivity contribution in [2.45, 2.75) is 19.3 Å². The van der Waals surface area contributed by atoms with Crippen molar-refractivity contribution in [3.05, 3.63) is 60.2 Å². The first kappa shape index (κ1) is 21.3. The summed E-state index contributed by atoms with van der Waals surface area (Å²) in [5.74, 6) is -0.597. The fourth-order valence-corrected chi connectivity index (χ4v) is 4.24. The SMILES string of the molecule is Nc1c2c(-c3cc(F)ccc3F)nc(NCCN3CCCCC3)nc2nn1-c1ccccc1. The van der Waals surface area contributed by atoms with E-state index in [9.17, 15) is 8.78 Å². The number of nitrogens with two attached hydrogens (primary N) is 1. The molecule has 0 atom stereocenters. The maximum absolute atomic E-state index is 14.7. The summed E-state index contributed by atoms with van der Waals surface area (Å²) in [7, 11) is 0. The first-order valence-electron chi connectivity index (χ1n) is 11.1. The zero-order chi connectivity index (χ0) is 22.8. The second-order valence-corrected chi connectivity index (χ2v) is 8.18. The zero-order valence-corrected chi connectivity index (χ0v) is 18.1. The second kappa shape index (κ2) is 9.11. The number of benzene rings is 2. The summed E-state index contributed by atoms with van der Waals surface area (Å²) in [5, 5.41) is 8.16. The number of hydrogen-bond donors (Lipinski definition) is 2. The fourth-order valence-electron chi connectivity index (χ4n) is 4.24. The predicted molar refractivity (Wildman–Crippen MR) is 125 cm³/mol. The molecule has 1 fully saturated rings. The molecule has 3 N–H and O–H groups in total. The lowest BCUT2D eigenvalue weighted by molar-refractivity contribution is 0.237. The van der Waals surface area contributed by atoms with Crippen LogP contribution in [-0.4, -0.2) is 50.8 Å². The summed E-state index contributed by atoms with van der Waals surface area (Å²) in [6.07, 6.45) is 3.70. The number of fused-ring (bicyclic) bond motifs is 1. The Kier molecular flexibility index (Phi) is 5.87. The number of likely N-dealkylation sites (tertiary alicyclic amines) is 1. The molecule has 0 spiro atoms. The van der Waals surface area contributed by atoms with E-state index in [0.717, 1.165) is 43.5 Å². The van der Waals surface area contributed by atoms with E-state index < -0.39 is 11.6 Å². The minimum atomic E-state index is -0.595. The monoisotopic (exact) mass is 449 g/mol. The van der Waals surface area contributed by atoms with Crippen LogP contribution in [0.4, 0.5) is 20.5 Å². The van der Waals surface area contributed by atoms with Crippen LogP contribution in [0.2, 0.25) is 0 Å². The Morgan fingerprint density at radius 2 is 1.76 bits per heavy atom. The Balaban J connectivity index is 1.57. The van der Waals surface area contributed by atoms with Crippen molar-refractivity contribution < 1.29 is 8.78 Å². The van der Waals surface area contributed by atoms with E-state index in [0.29, 0.717) is 23.5 Å². The lowest BCUT2D eigenvalue weighted by atomic mass is 10.1. The second-order valence-electron chi connectivity index (χ2n) is 8.18. The third-order valence-corrected chi connectivity index (χ3v) is 5.91. The molecule has 7 nitrogen and oxygen atoms in total. The van der Waals surface area contributed by atoms with Crippen LogP contribution < -0.4 is 11.1 Å². The van der Waals surface area contributed by atoms with Gasteiger partial charge in [0.15, 0.2) is 5.65 Å². The van der Waals surface area contributed by atoms with E-state index in [1.807, 2.05) is 30.3 Å². The van der Waals surface area contributed by atoms with Gasteiger partial charge in [0.05, 0.1) is 16.8 Å². The van der Waals surface area contributed by atoms with Crippen molar-refractivity contribution in [3.8, 4) is 16.9 Å². The highest BCUT2D eigenvalue weighted by Gasteiger charge is 2.21. The van der Waals surface area contributed by atoms with Crippen LogP contribution in [0.5, 0.6) is 0 Å². The van der Waals surface area contributed by atoms with Crippen molar-refractivity contribution in [1.82, 2.24) is 24.6 Å². The molecule has 0 saturated carbocycles. The largest absolute Gasteiger partial charge is 0.383 e. The number of nitrogens with zero attached hydrogens (tertiary/aromatic N) is 5. The molecule has 4 aromatic rings. The number of rotatable bonds is 6. The summed E-state index contributed by atoms with van der Waals surface area (Å²) >= 11 is 0. The minimum absolute atomic E-state index is 0.0146. The van der Waals surface area contributed by atoms with Crippen LogP contribution >= 0.6 is 0 Å². The number of nitrogens with one attached hydrogen (secondary N) is 1. The number of halogens is 2. The van der Waals surface area contributed by atoms with Crippen molar-refractivity contribution in [2.75, 3.05) is 37.2 Å². The standard InChI is InChI=1S/C24H25F2N7/c25-16-9-10-19(26)18(15-16)21-20-22(27)33(17-7-3-1-4-8-17)31-23(20)30-24(29-21)28-11-14-32-12-5-2-6-13-32/h1,3-4,7-10,15H,2,5-6,11-14,27H2,(H,28,30,31). The summed E-state index contributed by atoms with van der Waals surface area (Å²) in [4.78, 5) is 11.5. The molecule has 5 rings (SSSR count). The third-order valence-electron chi connectivity index (χ3n) is 5.91. The van der Waals surface area contributed by atoms with Gasteiger partial charge in [-0.3, -0.25) is 0 Å². The maximum Gasteiger partial charge on any atom is 0.225 e. The van der Waals surface area contributed by atoms with E-state index >= 15 is 0 Å². The van der Waals surface area contributed by atoms with Crippen LogP contribution in [0, 0.1) is 11.6 Å². The molecule has 33 heavy (non-hydrogen) atoms. The molecule has 3 heterocycles. The Morgan fingerprint density at radius 1 is 0.970 bits per heavy atom. The Bertz CT molecular complexity index is 1270. The molecule has 9 heteroatoms. The Hall–Kier alpha value is -3.59. The highest BCUT2D eigenvalue weighted by atomic mass is 19.1. The van der Waals surface area contributed by atoms with Gasteiger partial charge in [-0.2, -0.15) is 4.98 Å². The average Bonchev–Trinajstić information content (AvgIpc) is 3.18. The lowest BCUT2D eigenvalue weighted by Crippen LogP contribution is -2.33. The van der Waals surface area contributed by atoms with E-state index in [4.69, 9.17) is 5.73 Å². The van der Waals surface area contributed by atoms with Gasteiger partial charge in [-0.25, -0.2) is 18.4 Å². The topological polar surface area (TPSA) is 84.9 Å². The van der Waals surface area contributed by atoms with Crippen LogP contribution in [0.15, 0.2) is 48.5 Å². The number of piperidine rings is 1. The lowest BCUT2D eigenvalue weighted by Gasteiger charge is -2.26. The molecule has 170 valence electrons. The van der Waals surface area contributed by atoms with Crippen molar-refractivity contribution in [2.24, 2.45) is 0 Å². The van der Waals surface area contributed by atoms with Gasteiger partial charge in [0.1, 0.15) is 17.5 Å². The molecule has 1 saturated heterocycles. The van der Waals surface area contributed by atoms with Gasteiger partial charge < -0.3 is 16.0 Å². The summed E-state index contributed by atoms with van der Waals surface area (Å²) < 4.78 is 30.3. The molecule has 0 amide bonds. The highest BCUT2D eigenvalue weighted by molar-refractivity contribution is 5.99. The minimum Gasteiger partial charge on any atom is -0.383 e. The number of nitrogen functional groups attached to an aromatic ring is 1. The summed E-state index contributed by atoms with van der Waals surface area (Å²) in [6, 6.07) is 12.6. The van der Waals surface area contributed by atoms with E-state index in [-0.39, 0.29) is 17.1 Å². The molecule has 0 unspecified atom stereocenters. The molecular formula is C24H25F2N7. The molecular weight excluding hydrogens is 424 g/mol. The molecule has 0 radical (unpaired) electrons. The molecule has 1 aliphatic heterocycles. The van der Waals surface area contributed by atoms with Gasteiger partial charge in [0, 0.05) is 18.7 Å². The van der Waals surface area contributed by atoms with Crippen molar-refractivity contribution in [3.63, 3.8) is 0 Å². The van der Waals surface area contributed by atoms with Gasteiger partial charge in [0.25, 0.3) is 0 Å². The number of anilines is 2. The molecule has 0 aliphatic carbocycles. The van der Waals surface area contributed by atoms with E-state index in [2.05, 4.69) is 25.3 Å². The van der Waals surface area contributed by atoms with Crippen LogP contribution in [0.3, 0.4) is 0 Å². The number of aromatic nitrogens is 4. The Morgan fingerprint density at radius 3 is 2.55 bits per heavy atom. The molecule has 2 aromatic heterocycles. The van der Waals surface area contributed by atoms with Gasteiger partial charge in [0.2, 0.25) is 5.95 Å². The zero-order valence-electron chi connectivity index (χ0n) is 18.1. The van der Waals surface area contributed by atoms with Gasteiger partial charge >= 0.3 is 0 Å². The molecule has 2 aromatic carbocycles. The Labute approximate surface area is 190 Å². The van der Waals surface area contributed by atoms with E-state index in [1.54, 1.807) is 0 Å². The summed E-state index contributed by atoms with van der Waals surface area (Å²) in [5.41, 5.74) is 7.69. The third kappa shape index (κ3) is 4.36. The van der Waals surface area contributed by atoms with Crippen molar-refractivity contribution >= 4 is 22.8 Å². The summed E-state index contributed by atoms with van der Waals surface area (Å²) in [6.45, 7) is 3.65. The normalized spacial score (nSPS) is 14.6. The molecule has 0 bridgehead atoms. The highest BCUT2D eigenvalue weighted by Crippen LogP contribution is 2.34. The van der Waals surface area contributed by atoms with E-state index in [1.165, 1.54) is 23.9 Å². The van der Waals surface area contributed by atoms with Crippen molar-refractivity contribution in [1.29, 1.82) is 0 Å². The first-order valence-corrected chi connectivity index (χ1v) is 11.1. The van der Waals surface area contributed by atoms with Gasteiger partial charge in [-0.15, -0.1) is 5.10 Å². The predicted octanol–water partition coefficient (Wildman–Crippen LogP) is 4.24. The number of hydrogen-bond acceptors (Lipinski definition) is 6. The van der Waals surface area contributed by atoms with Crippen LogP contribution in [0.25, 0.3) is 28.0 Å². The maximum atomic E-state index is 14.7. The quantitative estimate of drug-likeness (QED) is 0.458. The van der Waals surface area contributed by atoms with Crippen LogP contribution in [-0.2, 0) is 0 Å². The molecule has 1 aliphatic rings. The smallest absolute Gasteiger partial charge is 0.225 e. The average molecular weight is 450 g/mol. The van der Waals surface area contributed by atoms with Gasteiger partial charge in [-0.1, -0.05) is 24.6 Å². The first-order chi connectivity index (χ1) is 16.1.